The Labute approximate surface area is 115 Å². The molecule has 0 radical (unpaired) electrons. The van der Waals surface area contributed by atoms with E-state index in [4.69, 9.17) is 10.5 Å². The van der Waals surface area contributed by atoms with Crippen LogP contribution in [0, 0.1) is 17.5 Å². The highest BCUT2D eigenvalue weighted by Gasteiger charge is 2.14. The number of nitrogens with two attached hydrogens (primary N) is 1. The lowest BCUT2D eigenvalue weighted by Crippen LogP contribution is -2.15. The monoisotopic (exact) mass is 281 g/mol. The Morgan fingerprint density at radius 1 is 1.10 bits per heavy atom. The number of rotatable bonds is 4. The molecule has 1 atom stereocenters. The first-order chi connectivity index (χ1) is 9.52. The van der Waals surface area contributed by atoms with Gasteiger partial charge in [-0.2, -0.15) is 0 Å². The highest BCUT2D eigenvalue weighted by atomic mass is 19.2. The van der Waals surface area contributed by atoms with E-state index in [9.17, 15) is 13.2 Å². The van der Waals surface area contributed by atoms with Crippen LogP contribution in [-0.2, 0) is 6.42 Å². The molecule has 2 aromatic rings. The number of benzene rings is 2. The molecule has 0 aliphatic carbocycles. The average molecular weight is 281 g/mol. The first-order valence-corrected chi connectivity index (χ1v) is 6.05. The van der Waals surface area contributed by atoms with Gasteiger partial charge in [-0.3, -0.25) is 0 Å². The molecule has 0 aliphatic heterocycles. The van der Waals surface area contributed by atoms with Gasteiger partial charge in [-0.05, 0) is 35.7 Å². The first kappa shape index (κ1) is 14.4. The van der Waals surface area contributed by atoms with Crippen molar-refractivity contribution >= 4 is 0 Å². The molecule has 2 rings (SSSR count). The fourth-order valence-electron chi connectivity index (χ4n) is 1.97. The standard InChI is InChI=1S/C15H14F3NO/c1-20-14-4-2-3-10(15(14)18)8-13(19)9-5-6-11(16)12(17)7-9/h2-7,13H,8,19H2,1H3. The molecule has 0 saturated carbocycles. The molecule has 106 valence electrons. The lowest BCUT2D eigenvalue weighted by molar-refractivity contribution is 0.383. The van der Waals surface area contributed by atoms with Crippen LogP contribution in [0.15, 0.2) is 36.4 Å². The zero-order valence-corrected chi connectivity index (χ0v) is 10.9. The van der Waals surface area contributed by atoms with Crippen LogP contribution in [0.3, 0.4) is 0 Å². The molecule has 0 amide bonds. The molecule has 0 aliphatic rings. The first-order valence-electron chi connectivity index (χ1n) is 6.05. The fraction of sp³-hybridized carbons (Fsp3) is 0.200. The normalized spacial score (nSPS) is 12.2. The van der Waals surface area contributed by atoms with E-state index in [1.54, 1.807) is 12.1 Å². The molecule has 0 fully saturated rings. The van der Waals surface area contributed by atoms with Gasteiger partial charge < -0.3 is 10.5 Å². The Morgan fingerprint density at radius 2 is 1.85 bits per heavy atom. The van der Waals surface area contributed by atoms with Crippen molar-refractivity contribution in [2.45, 2.75) is 12.5 Å². The van der Waals surface area contributed by atoms with E-state index in [1.807, 2.05) is 0 Å². The van der Waals surface area contributed by atoms with E-state index in [-0.39, 0.29) is 12.2 Å². The minimum Gasteiger partial charge on any atom is -0.494 e. The summed E-state index contributed by atoms with van der Waals surface area (Å²) in [5.41, 5.74) is 6.68. The van der Waals surface area contributed by atoms with Gasteiger partial charge in [-0.1, -0.05) is 18.2 Å². The van der Waals surface area contributed by atoms with Crippen molar-refractivity contribution in [3.05, 3.63) is 65.0 Å². The summed E-state index contributed by atoms with van der Waals surface area (Å²) in [7, 11) is 1.37. The third kappa shape index (κ3) is 2.93. The maximum absolute atomic E-state index is 14.0. The van der Waals surface area contributed by atoms with Gasteiger partial charge >= 0.3 is 0 Å². The highest BCUT2D eigenvalue weighted by Crippen LogP contribution is 2.24. The number of ether oxygens (including phenoxy) is 1. The molecule has 20 heavy (non-hydrogen) atoms. The molecule has 2 aromatic carbocycles. The van der Waals surface area contributed by atoms with Crippen LogP contribution in [0.1, 0.15) is 17.2 Å². The fourth-order valence-corrected chi connectivity index (χ4v) is 1.97. The molecular weight excluding hydrogens is 267 g/mol. The second-order valence-electron chi connectivity index (χ2n) is 4.42. The van der Waals surface area contributed by atoms with E-state index in [0.29, 0.717) is 11.1 Å². The maximum Gasteiger partial charge on any atom is 0.168 e. The van der Waals surface area contributed by atoms with Crippen LogP contribution in [0.4, 0.5) is 13.2 Å². The summed E-state index contributed by atoms with van der Waals surface area (Å²) < 4.78 is 44.9. The number of hydrogen-bond acceptors (Lipinski definition) is 2. The van der Waals surface area contributed by atoms with Crippen LogP contribution >= 0.6 is 0 Å². The molecule has 0 aromatic heterocycles. The lowest BCUT2D eigenvalue weighted by Gasteiger charge is -2.14. The van der Waals surface area contributed by atoms with Gasteiger partial charge in [-0.15, -0.1) is 0 Å². The predicted molar refractivity (Wildman–Crippen MR) is 69.9 cm³/mol. The van der Waals surface area contributed by atoms with Crippen LogP contribution in [-0.4, -0.2) is 7.11 Å². The van der Waals surface area contributed by atoms with E-state index >= 15 is 0 Å². The molecule has 0 bridgehead atoms. The quantitative estimate of drug-likeness (QED) is 0.932. The maximum atomic E-state index is 14.0. The summed E-state index contributed by atoms with van der Waals surface area (Å²) in [6.45, 7) is 0. The number of methoxy groups -OCH3 is 1. The van der Waals surface area contributed by atoms with E-state index in [2.05, 4.69) is 0 Å². The molecule has 2 N–H and O–H groups in total. The number of halogens is 3. The van der Waals surface area contributed by atoms with Crippen LogP contribution < -0.4 is 10.5 Å². The van der Waals surface area contributed by atoms with Crippen molar-refractivity contribution < 1.29 is 17.9 Å². The molecule has 1 unspecified atom stereocenters. The third-order valence-corrected chi connectivity index (χ3v) is 3.07. The Kier molecular flexibility index (Phi) is 4.29. The van der Waals surface area contributed by atoms with Crippen molar-refractivity contribution in [1.29, 1.82) is 0 Å². The Morgan fingerprint density at radius 3 is 2.50 bits per heavy atom. The predicted octanol–water partition coefficient (Wildman–Crippen LogP) is 3.36. The summed E-state index contributed by atoms with van der Waals surface area (Å²) in [5.74, 6) is -2.27. The van der Waals surface area contributed by atoms with Crippen LogP contribution in [0.2, 0.25) is 0 Å². The third-order valence-electron chi connectivity index (χ3n) is 3.07. The van der Waals surface area contributed by atoms with Crippen molar-refractivity contribution in [1.82, 2.24) is 0 Å². The smallest absolute Gasteiger partial charge is 0.168 e. The molecule has 0 spiro atoms. The zero-order chi connectivity index (χ0) is 14.7. The van der Waals surface area contributed by atoms with Gasteiger partial charge in [0.15, 0.2) is 23.2 Å². The summed E-state index contributed by atoms with van der Waals surface area (Å²) in [6, 6.07) is 7.52. The topological polar surface area (TPSA) is 35.2 Å². The minimum absolute atomic E-state index is 0.125. The van der Waals surface area contributed by atoms with Gasteiger partial charge in [-0.25, -0.2) is 13.2 Å². The zero-order valence-electron chi connectivity index (χ0n) is 10.9. The van der Waals surface area contributed by atoms with Crippen molar-refractivity contribution in [3.63, 3.8) is 0 Å². The summed E-state index contributed by atoms with van der Waals surface area (Å²) in [6.07, 6.45) is 0.161. The van der Waals surface area contributed by atoms with Gasteiger partial charge in [0, 0.05) is 6.04 Å². The lowest BCUT2D eigenvalue weighted by atomic mass is 9.99. The summed E-state index contributed by atoms with van der Waals surface area (Å²) in [4.78, 5) is 0. The van der Waals surface area contributed by atoms with Gasteiger partial charge in [0.1, 0.15) is 0 Å². The van der Waals surface area contributed by atoms with Gasteiger partial charge in [0.05, 0.1) is 7.11 Å². The SMILES string of the molecule is COc1cccc(CC(N)c2ccc(F)c(F)c2)c1F. The molecule has 5 heteroatoms. The Hall–Kier alpha value is -2.01. The Bertz CT molecular complexity index is 616. The van der Waals surface area contributed by atoms with Crippen molar-refractivity contribution in [2.24, 2.45) is 5.73 Å². The van der Waals surface area contributed by atoms with E-state index in [0.717, 1.165) is 12.1 Å². The molecule has 0 heterocycles. The van der Waals surface area contributed by atoms with Crippen LogP contribution in [0.25, 0.3) is 0 Å². The van der Waals surface area contributed by atoms with E-state index < -0.39 is 23.5 Å². The van der Waals surface area contributed by atoms with Crippen LogP contribution in [0.5, 0.6) is 5.75 Å². The summed E-state index contributed by atoms with van der Waals surface area (Å²) in [5, 5.41) is 0. The minimum atomic E-state index is -0.968. The second-order valence-corrected chi connectivity index (χ2v) is 4.42. The van der Waals surface area contributed by atoms with E-state index in [1.165, 1.54) is 19.2 Å². The number of hydrogen-bond donors (Lipinski definition) is 1. The molecular formula is C15H14F3NO. The highest BCUT2D eigenvalue weighted by molar-refractivity contribution is 5.33. The van der Waals surface area contributed by atoms with Gasteiger partial charge in [0.25, 0.3) is 0 Å². The van der Waals surface area contributed by atoms with Crippen molar-refractivity contribution in [2.75, 3.05) is 7.11 Å². The Balaban J connectivity index is 2.23. The van der Waals surface area contributed by atoms with Crippen molar-refractivity contribution in [3.8, 4) is 5.75 Å². The average Bonchev–Trinajstić information content (AvgIpc) is 2.44. The largest absolute Gasteiger partial charge is 0.494 e. The molecule has 0 saturated heterocycles. The van der Waals surface area contributed by atoms with Gasteiger partial charge in [0.2, 0.25) is 0 Å². The second kappa shape index (κ2) is 5.96. The molecule has 2 nitrogen and oxygen atoms in total. The summed E-state index contributed by atoms with van der Waals surface area (Å²) >= 11 is 0.